The average molecular weight is 331 g/mol. The van der Waals surface area contributed by atoms with Crippen molar-refractivity contribution < 1.29 is 4.79 Å². The van der Waals surface area contributed by atoms with Crippen LogP contribution in [0.2, 0.25) is 0 Å². The molecule has 4 nitrogen and oxygen atoms in total. The van der Waals surface area contributed by atoms with E-state index in [1.54, 1.807) is 0 Å². The molecule has 0 spiro atoms. The van der Waals surface area contributed by atoms with Crippen molar-refractivity contribution in [3.8, 4) is 0 Å². The molecule has 0 aliphatic carbocycles. The molecule has 124 valence electrons. The van der Waals surface area contributed by atoms with Crippen LogP contribution in [0.1, 0.15) is 12.0 Å². The Balaban J connectivity index is 1.49. The molecule has 0 saturated carbocycles. The zero-order valence-corrected chi connectivity index (χ0v) is 14.5. The summed E-state index contributed by atoms with van der Waals surface area (Å²) in [4.78, 5) is 16.8. The van der Waals surface area contributed by atoms with E-state index in [-0.39, 0.29) is 6.03 Å². The lowest BCUT2D eigenvalue weighted by Crippen LogP contribution is -2.38. The molecule has 0 bridgehead atoms. The molecule has 2 amide bonds. The van der Waals surface area contributed by atoms with Crippen LogP contribution in [0.4, 0.5) is 10.5 Å². The van der Waals surface area contributed by atoms with E-state index in [4.69, 9.17) is 0 Å². The van der Waals surface area contributed by atoms with E-state index in [2.05, 4.69) is 40.8 Å². The summed E-state index contributed by atoms with van der Waals surface area (Å²) in [7, 11) is 0. The highest BCUT2D eigenvalue weighted by molar-refractivity contribution is 7.98. The minimum Gasteiger partial charge on any atom is -0.323 e. The first-order valence-electron chi connectivity index (χ1n) is 8.29. The second kappa shape index (κ2) is 7.88. The van der Waals surface area contributed by atoms with E-state index in [1.807, 2.05) is 28.8 Å². The number of rotatable bonds is 5. The Kier molecular flexibility index (Phi) is 5.62. The number of carbonyl (C=O) groups excluding carboxylic acids is 1. The fraction of sp³-hybridized carbons (Fsp3) is 0.500. The summed E-state index contributed by atoms with van der Waals surface area (Å²) in [6.45, 7) is 3.73. The molecule has 2 aliphatic rings. The number of benzene rings is 1. The van der Waals surface area contributed by atoms with Crippen molar-refractivity contribution in [1.82, 2.24) is 9.80 Å². The monoisotopic (exact) mass is 331 g/mol. The van der Waals surface area contributed by atoms with Gasteiger partial charge in [-0.2, -0.15) is 11.8 Å². The summed E-state index contributed by atoms with van der Waals surface area (Å²) in [5.74, 6) is 1.13. The summed E-state index contributed by atoms with van der Waals surface area (Å²) in [5, 5.41) is 3.03. The Morgan fingerprint density at radius 1 is 1.26 bits per heavy atom. The third-order valence-electron chi connectivity index (χ3n) is 4.61. The third kappa shape index (κ3) is 4.30. The number of thioether (sulfide) groups is 1. The van der Waals surface area contributed by atoms with E-state index < -0.39 is 0 Å². The molecule has 2 heterocycles. The number of nitrogens with zero attached hydrogens (tertiary/aromatic N) is 2. The van der Waals surface area contributed by atoms with Gasteiger partial charge >= 0.3 is 6.03 Å². The Morgan fingerprint density at radius 2 is 2.00 bits per heavy atom. The smallest absolute Gasteiger partial charge is 0.321 e. The van der Waals surface area contributed by atoms with E-state index in [0.717, 1.165) is 50.5 Å². The standard InChI is InChI=1S/C18H25N3OS/c1-23-13-9-15-4-6-16(7-5-15)19-18(22)21-12-8-17(14-21)20-10-2-3-11-20/h2-7,17H,8-14H2,1H3,(H,19,22)/t17-/m1/s1. The van der Waals surface area contributed by atoms with Crippen LogP contribution in [-0.2, 0) is 6.42 Å². The Bertz CT molecular complexity index is 550. The van der Waals surface area contributed by atoms with E-state index >= 15 is 0 Å². The van der Waals surface area contributed by atoms with Gasteiger partial charge in [0.15, 0.2) is 0 Å². The van der Waals surface area contributed by atoms with Crippen LogP contribution in [0, 0.1) is 0 Å². The van der Waals surface area contributed by atoms with Crippen LogP contribution < -0.4 is 5.32 Å². The third-order valence-corrected chi connectivity index (χ3v) is 5.23. The van der Waals surface area contributed by atoms with Gasteiger partial charge in [0.2, 0.25) is 0 Å². The summed E-state index contributed by atoms with van der Waals surface area (Å²) in [6, 6.07) is 8.75. The summed E-state index contributed by atoms with van der Waals surface area (Å²) >= 11 is 1.85. The maximum Gasteiger partial charge on any atom is 0.321 e. The van der Waals surface area contributed by atoms with Crippen LogP contribution in [-0.4, -0.2) is 60.1 Å². The van der Waals surface area contributed by atoms with Gasteiger partial charge in [0.05, 0.1) is 0 Å². The van der Waals surface area contributed by atoms with Gasteiger partial charge in [-0.15, -0.1) is 0 Å². The minimum atomic E-state index is 0.0246. The lowest BCUT2D eigenvalue weighted by Gasteiger charge is -2.23. The predicted octanol–water partition coefficient (Wildman–Crippen LogP) is 3.07. The fourth-order valence-corrected chi connectivity index (χ4v) is 3.63. The van der Waals surface area contributed by atoms with Crippen molar-refractivity contribution in [2.24, 2.45) is 0 Å². The number of urea groups is 1. The van der Waals surface area contributed by atoms with Gasteiger partial charge in [0, 0.05) is 37.9 Å². The number of anilines is 1. The highest BCUT2D eigenvalue weighted by Gasteiger charge is 2.30. The Labute approximate surface area is 142 Å². The first kappa shape index (κ1) is 16.4. The molecule has 0 radical (unpaired) electrons. The van der Waals surface area contributed by atoms with Crippen molar-refractivity contribution >= 4 is 23.5 Å². The normalized spacial score (nSPS) is 21.1. The molecule has 1 N–H and O–H groups in total. The maximum atomic E-state index is 12.4. The molecule has 5 heteroatoms. The Hall–Kier alpha value is -1.46. The second-order valence-electron chi connectivity index (χ2n) is 6.18. The number of hydrogen-bond acceptors (Lipinski definition) is 3. The second-order valence-corrected chi connectivity index (χ2v) is 7.17. The average Bonchev–Trinajstić information content (AvgIpc) is 3.25. The fourth-order valence-electron chi connectivity index (χ4n) is 3.19. The number of aryl methyl sites for hydroxylation is 1. The van der Waals surface area contributed by atoms with Crippen molar-refractivity contribution in [3.05, 3.63) is 42.0 Å². The maximum absolute atomic E-state index is 12.4. The highest BCUT2D eigenvalue weighted by atomic mass is 32.2. The Morgan fingerprint density at radius 3 is 2.70 bits per heavy atom. The molecule has 1 saturated heterocycles. The molecule has 2 aliphatic heterocycles. The van der Waals surface area contributed by atoms with Gasteiger partial charge < -0.3 is 10.2 Å². The first-order valence-corrected chi connectivity index (χ1v) is 9.68. The van der Waals surface area contributed by atoms with Crippen LogP contribution in [0.5, 0.6) is 0 Å². The molecule has 0 unspecified atom stereocenters. The van der Waals surface area contributed by atoms with Crippen LogP contribution >= 0.6 is 11.8 Å². The van der Waals surface area contributed by atoms with Crippen molar-refractivity contribution in [1.29, 1.82) is 0 Å². The number of nitrogens with one attached hydrogen (secondary N) is 1. The summed E-state index contributed by atoms with van der Waals surface area (Å²) in [5.41, 5.74) is 2.20. The molecule has 1 aromatic carbocycles. The van der Waals surface area contributed by atoms with Crippen LogP contribution in [0.15, 0.2) is 36.4 Å². The number of amides is 2. The van der Waals surface area contributed by atoms with E-state index in [0.29, 0.717) is 6.04 Å². The van der Waals surface area contributed by atoms with Crippen LogP contribution in [0.25, 0.3) is 0 Å². The molecule has 0 aromatic heterocycles. The SMILES string of the molecule is CSCCc1ccc(NC(=O)N2CC[C@@H](N3CC=CC3)C2)cc1. The van der Waals surface area contributed by atoms with E-state index in [1.165, 1.54) is 5.56 Å². The summed E-state index contributed by atoms with van der Waals surface area (Å²) in [6.07, 6.45) is 8.69. The zero-order chi connectivity index (χ0) is 16.1. The first-order chi connectivity index (χ1) is 11.3. The van der Waals surface area contributed by atoms with E-state index in [9.17, 15) is 4.79 Å². The predicted molar refractivity (Wildman–Crippen MR) is 98.2 cm³/mol. The zero-order valence-electron chi connectivity index (χ0n) is 13.7. The van der Waals surface area contributed by atoms with Gasteiger partial charge in [0.25, 0.3) is 0 Å². The molecular weight excluding hydrogens is 306 g/mol. The molecular formula is C18H25N3OS. The molecule has 23 heavy (non-hydrogen) atoms. The van der Waals surface area contributed by atoms with Gasteiger partial charge in [-0.05, 0) is 42.5 Å². The van der Waals surface area contributed by atoms with Gasteiger partial charge in [-0.1, -0.05) is 24.3 Å². The number of carbonyl (C=O) groups is 1. The number of likely N-dealkylation sites (tertiary alicyclic amines) is 1. The largest absolute Gasteiger partial charge is 0.323 e. The molecule has 1 fully saturated rings. The topological polar surface area (TPSA) is 35.6 Å². The lowest BCUT2D eigenvalue weighted by atomic mass is 10.1. The van der Waals surface area contributed by atoms with Crippen molar-refractivity contribution in [2.45, 2.75) is 18.9 Å². The number of hydrogen-bond donors (Lipinski definition) is 1. The van der Waals surface area contributed by atoms with Gasteiger partial charge in [-0.25, -0.2) is 4.79 Å². The molecule has 1 atom stereocenters. The van der Waals surface area contributed by atoms with Crippen LogP contribution in [0.3, 0.4) is 0 Å². The minimum absolute atomic E-state index is 0.0246. The van der Waals surface area contributed by atoms with Gasteiger partial charge in [0.1, 0.15) is 0 Å². The lowest BCUT2D eigenvalue weighted by molar-refractivity contribution is 0.212. The molecule has 3 rings (SSSR count). The summed E-state index contributed by atoms with van der Waals surface area (Å²) < 4.78 is 0. The quantitative estimate of drug-likeness (QED) is 0.842. The van der Waals surface area contributed by atoms with Gasteiger partial charge in [-0.3, -0.25) is 4.90 Å². The van der Waals surface area contributed by atoms with Crippen molar-refractivity contribution in [3.63, 3.8) is 0 Å². The van der Waals surface area contributed by atoms with Crippen molar-refractivity contribution in [2.75, 3.05) is 43.5 Å². The molecule has 1 aromatic rings. The highest BCUT2D eigenvalue weighted by Crippen LogP contribution is 2.19.